The van der Waals surface area contributed by atoms with Crippen LogP contribution in [0.4, 0.5) is 4.79 Å². The van der Waals surface area contributed by atoms with Gasteiger partial charge in [-0.2, -0.15) is 0 Å². The first-order valence-corrected chi connectivity index (χ1v) is 6.30. The largest absolute Gasteiger partial charge is 0.445 e. The summed E-state index contributed by atoms with van der Waals surface area (Å²) in [6, 6.07) is 9.52. The van der Waals surface area contributed by atoms with E-state index in [4.69, 9.17) is 9.47 Å². The summed E-state index contributed by atoms with van der Waals surface area (Å²) in [6.45, 7) is 1.61. The monoisotopic (exact) mass is 263 g/mol. The van der Waals surface area contributed by atoms with Gasteiger partial charge < -0.3 is 19.2 Å². The van der Waals surface area contributed by atoms with Crippen molar-refractivity contribution < 1.29 is 19.1 Å². The van der Waals surface area contributed by atoms with E-state index in [1.54, 1.807) is 4.90 Å². The van der Waals surface area contributed by atoms with Gasteiger partial charge in [0.25, 0.3) is 0 Å². The van der Waals surface area contributed by atoms with E-state index in [9.17, 15) is 9.59 Å². The van der Waals surface area contributed by atoms with E-state index in [1.165, 1.54) is 0 Å². The zero-order valence-corrected chi connectivity index (χ0v) is 10.7. The number of carbonyl (C=O) groups is 2. The highest BCUT2D eigenvalue weighted by Crippen LogP contribution is 2.10. The topological polar surface area (TPSA) is 55.8 Å². The first-order chi connectivity index (χ1) is 9.29. The van der Waals surface area contributed by atoms with E-state index in [0.29, 0.717) is 26.1 Å². The van der Waals surface area contributed by atoms with Gasteiger partial charge >= 0.3 is 6.09 Å². The minimum Gasteiger partial charge on any atom is -0.445 e. The van der Waals surface area contributed by atoms with Gasteiger partial charge in [0.1, 0.15) is 12.9 Å². The second kappa shape index (κ2) is 6.89. The zero-order chi connectivity index (χ0) is 13.5. The van der Waals surface area contributed by atoms with E-state index in [1.807, 2.05) is 30.3 Å². The number of hydrogen-bond acceptors (Lipinski definition) is 4. The summed E-state index contributed by atoms with van der Waals surface area (Å²) in [5.41, 5.74) is 0.952. The number of morpholine rings is 1. The molecule has 19 heavy (non-hydrogen) atoms. The van der Waals surface area contributed by atoms with Gasteiger partial charge in [0.05, 0.1) is 19.3 Å². The minimum atomic E-state index is -0.358. The van der Waals surface area contributed by atoms with Gasteiger partial charge in [0, 0.05) is 13.0 Å². The molecule has 0 aromatic heterocycles. The molecule has 0 aliphatic carbocycles. The van der Waals surface area contributed by atoms with E-state index in [2.05, 4.69) is 0 Å². The third-order valence-corrected chi connectivity index (χ3v) is 2.96. The van der Waals surface area contributed by atoms with Crippen molar-refractivity contribution in [1.29, 1.82) is 0 Å². The molecule has 1 amide bonds. The number of benzene rings is 1. The van der Waals surface area contributed by atoms with Crippen LogP contribution in [0.15, 0.2) is 30.3 Å². The molecule has 102 valence electrons. The Bertz CT molecular complexity index is 421. The summed E-state index contributed by atoms with van der Waals surface area (Å²) in [5.74, 6) is 0. The highest BCUT2D eigenvalue weighted by Gasteiger charge is 2.24. The fourth-order valence-electron chi connectivity index (χ4n) is 1.95. The molecule has 1 fully saturated rings. The molecule has 1 aromatic carbocycles. The lowest BCUT2D eigenvalue weighted by Crippen LogP contribution is -2.45. The molecule has 0 saturated carbocycles. The Morgan fingerprint density at radius 2 is 2.21 bits per heavy atom. The van der Waals surface area contributed by atoms with Crippen molar-refractivity contribution >= 4 is 12.4 Å². The molecule has 1 aromatic rings. The average Bonchev–Trinajstić information content (AvgIpc) is 2.46. The molecular formula is C14H17NO4. The number of ether oxygens (including phenoxy) is 2. The lowest BCUT2D eigenvalue weighted by Gasteiger charge is -2.31. The Balaban J connectivity index is 1.81. The summed E-state index contributed by atoms with van der Waals surface area (Å²) in [7, 11) is 0. The van der Waals surface area contributed by atoms with Crippen molar-refractivity contribution in [2.45, 2.75) is 19.1 Å². The summed E-state index contributed by atoms with van der Waals surface area (Å²) in [5, 5.41) is 0. The van der Waals surface area contributed by atoms with Gasteiger partial charge in [-0.3, -0.25) is 0 Å². The van der Waals surface area contributed by atoms with Crippen LogP contribution in [0.2, 0.25) is 0 Å². The van der Waals surface area contributed by atoms with Gasteiger partial charge in [0.2, 0.25) is 0 Å². The minimum absolute atomic E-state index is 0.212. The quantitative estimate of drug-likeness (QED) is 0.774. The Kier molecular flexibility index (Phi) is 4.92. The van der Waals surface area contributed by atoms with Crippen LogP contribution in [0.1, 0.15) is 12.0 Å². The maximum atomic E-state index is 11.9. The predicted molar refractivity (Wildman–Crippen MR) is 68.6 cm³/mol. The van der Waals surface area contributed by atoms with Crippen LogP contribution in [-0.4, -0.2) is 43.1 Å². The van der Waals surface area contributed by atoms with E-state index in [0.717, 1.165) is 11.8 Å². The van der Waals surface area contributed by atoms with Gasteiger partial charge in [0.15, 0.2) is 0 Å². The number of aldehydes is 1. The molecule has 5 nitrogen and oxygen atoms in total. The molecular weight excluding hydrogens is 246 g/mol. The Labute approximate surface area is 112 Å². The molecule has 5 heteroatoms. The molecule has 1 saturated heterocycles. The van der Waals surface area contributed by atoms with Crippen LogP contribution in [0.25, 0.3) is 0 Å². The molecule has 2 rings (SSSR count). The maximum Gasteiger partial charge on any atom is 0.410 e. The van der Waals surface area contributed by atoms with Crippen LogP contribution < -0.4 is 0 Å². The third-order valence-electron chi connectivity index (χ3n) is 2.96. The van der Waals surface area contributed by atoms with Gasteiger partial charge in [-0.15, -0.1) is 0 Å². The van der Waals surface area contributed by atoms with Crippen LogP contribution in [-0.2, 0) is 20.9 Å². The third kappa shape index (κ3) is 4.06. The first kappa shape index (κ1) is 13.5. The second-order valence-electron chi connectivity index (χ2n) is 4.38. The van der Waals surface area contributed by atoms with Gasteiger partial charge in [-0.05, 0) is 5.56 Å². The van der Waals surface area contributed by atoms with Crippen LogP contribution in [0, 0.1) is 0 Å². The Hall–Kier alpha value is -1.88. The molecule has 1 aliphatic rings. The SMILES string of the molecule is O=CCC1CN(C(=O)OCc2ccccc2)CCO1. The van der Waals surface area contributed by atoms with Crippen LogP contribution in [0.5, 0.6) is 0 Å². The smallest absolute Gasteiger partial charge is 0.410 e. The molecule has 0 N–H and O–H groups in total. The van der Waals surface area contributed by atoms with E-state index in [-0.39, 0.29) is 18.8 Å². The molecule has 0 radical (unpaired) electrons. The summed E-state index contributed by atoms with van der Waals surface area (Å²) >= 11 is 0. The van der Waals surface area contributed by atoms with E-state index >= 15 is 0 Å². The van der Waals surface area contributed by atoms with Gasteiger partial charge in [-0.1, -0.05) is 30.3 Å². The van der Waals surface area contributed by atoms with Crippen molar-refractivity contribution in [2.75, 3.05) is 19.7 Å². The van der Waals surface area contributed by atoms with E-state index < -0.39 is 0 Å². The molecule has 1 aliphatic heterocycles. The first-order valence-electron chi connectivity index (χ1n) is 6.30. The summed E-state index contributed by atoms with van der Waals surface area (Å²) in [6.07, 6.45) is 0.546. The average molecular weight is 263 g/mol. The highest BCUT2D eigenvalue weighted by atomic mass is 16.6. The highest BCUT2D eigenvalue weighted by molar-refractivity contribution is 5.68. The van der Waals surface area contributed by atoms with Crippen molar-refractivity contribution in [3.05, 3.63) is 35.9 Å². The fraction of sp³-hybridized carbons (Fsp3) is 0.429. The Morgan fingerprint density at radius 3 is 2.95 bits per heavy atom. The number of carbonyl (C=O) groups excluding carboxylic acids is 2. The summed E-state index contributed by atoms with van der Waals surface area (Å²) in [4.78, 5) is 23.9. The molecule has 0 spiro atoms. The van der Waals surface area contributed by atoms with Crippen molar-refractivity contribution in [3.63, 3.8) is 0 Å². The molecule has 0 bridgehead atoms. The molecule has 1 atom stereocenters. The van der Waals surface area contributed by atoms with Gasteiger partial charge in [-0.25, -0.2) is 4.79 Å². The van der Waals surface area contributed by atoms with Crippen LogP contribution in [0.3, 0.4) is 0 Å². The molecule has 1 heterocycles. The number of nitrogens with zero attached hydrogens (tertiary/aromatic N) is 1. The van der Waals surface area contributed by atoms with Crippen LogP contribution >= 0.6 is 0 Å². The number of amides is 1. The zero-order valence-electron chi connectivity index (χ0n) is 10.7. The number of hydrogen-bond donors (Lipinski definition) is 0. The Morgan fingerprint density at radius 1 is 1.42 bits per heavy atom. The standard InChI is InChI=1S/C14H17NO4/c16-8-6-13-10-15(7-9-18-13)14(17)19-11-12-4-2-1-3-5-12/h1-5,8,13H,6-7,9-11H2. The lowest BCUT2D eigenvalue weighted by molar-refractivity contribution is -0.112. The normalized spacial score (nSPS) is 18.9. The lowest BCUT2D eigenvalue weighted by atomic mass is 10.2. The van der Waals surface area contributed by atoms with Crippen molar-refractivity contribution in [2.24, 2.45) is 0 Å². The molecule has 1 unspecified atom stereocenters. The van der Waals surface area contributed by atoms with Crippen molar-refractivity contribution in [1.82, 2.24) is 4.90 Å². The summed E-state index contributed by atoms with van der Waals surface area (Å²) < 4.78 is 10.6. The number of rotatable bonds is 4. The fourth-order valence-corrected chi connectivity index (χ4v) is 1.95. The predicted octanol–water partition coefficient (Wildman–Crippen LogP) is 1.61. The maximum absolute atomic E-state index is 11.9. The van der Waals surface area contributed by atoms with Crippen molar-refractivity contribution in [3.8, 4) is 0 Å². The second-order valence-corrected chi connectivity index (χ2v) is 4.38.